The van der Waals surface area contributed by atoms with E-state index in [1.54, 1.807) is 14.2 Å². The summed E-state index contributed by atoms with van der Waals surface area (Å²) in [6, 6.07) is 8.12. The predicted molar refractivity (Wildman–Crippen MR) is 217 cm³/mol. The first-order valence-electron chi connectivity index (χ1n) is 20.8. The number of aryl methyl sites for hydroxylation is 2. The predicted octanol–water partition coefficient (Wildman–Crippen LogP) is 6.55. The summed E-state index contributed by atoms with van der Waals surface area (Å²) in [4.78, 5) is 4.07. The summed E-state index contributed by atoms with van der Waals surface area (Å²) in [7, 11) is -0.691. The van der Waals surface area contributed by atoms with Gasteiger partial charge in [0.2, 0.25) is 0 Å². The summed E-state index contributed by atoms with van der Waals surface area (Å²) < 4.78 is 59.7. The van der Waals surface area contributed by atoms with Crippen LogP contribution in [0.2, 0.25) is 0 Å². The van der Waals surface area contributed by atoms with E-state index in [1.807, 2.05) is 12.1 Å². The first-order valence-corrected chi connectivity index (χ1v) is 23.0. The smallest absolute Gasteiger partial charge is 0.333 e. The molecule has 16 heteroatoms. The van der Waals surface area contributed by atoms with Crippen LogP contribution in [-0.4, -0.2) is 71.5 Å². The van der Waals surface area contributed by atoms with Gasteiger partial charge in [-0.05, 0) is 170 Å². The molecule has 0 bridgehead atoms. The summed E-state index contributed by atoms with van der Waals surface area (Å²) >= 11 is 0.641. The normalized spacial score (nSPS) is 33.3. The van der Waals surface area contributed by atoms with Gasteiger partial charge in [0.1, 0.15) is 0 Å². The number of hydrogen-bond donors (Lipinski definition) is 4. The maximum Gasteiger partial charge on any atom is 0.333 e. The number of methoxy groups -OCH3 is 2. The van der Waals surface area contributed by atoms with Crippen LogP contribution in [0.15, 0.2) is 24.3 Å². The number of aromatic hydroxyl groups is 1. The molecule has 0 spiro atoms. The number of aliphatic hydroxyl groups excluding tert-OH is 1. The molecule has 10 atom stereocenters. The van der Waals surface area contributed by atoms with Gasteiger partial charge in [0, 0.05) is 0 Å². The number of ether oxygens (including phenoxy) is 4. The molecule has 6 aliphatic rings. The van der Waals surface area contributed by atoms with E-state index in [9.17, 15) is 13.5 Å². The van der Waals surface area contributed by atoms with Gasteiger partial charge < -0.3 is 33.3 Å². The molecular weight excluding hydrogens is 789 g/mol. The van der Waals surface area contributed by atoms with E-state index in [-0.39, 0.29) is 42.5 Å². The second-order valence-electron chi connectivity index (χ2n) is 17.6. The summed E-state index contributed by atoms with van der Waals surface area (Å²) in [5.41, 5.74) is 5.63. The highest BCUT2D eigenvalue weighted by atomic mass is 32.2. The summed E-state index contributed by atoms with van der Waals surface area (Å²) in [5.74, 6) is 10.5. The van der Waals surface area contributed by atoms with Gasteiger partial charge in [-0.2, -0.15) is 14.3 Å². The highest BCUT2D eigenvalue weighted by Crippen LogP contribution is 2.63. The Bertz CT molecular complexity index is 1850. The number of aliphatic hydroxyl groups is 1. The van der Waals surface area contributed by atoms with Crippen LogP contribution < -0.4 is 24.7 Å². The molecule has 0 amide bonds. The SMILES string of the molecule is COc1cc2c(cc1O)CCC1C2CC[C@@]2(C)C1CC[C@@H]2OCCO.COc1cc2c(cc1OSOON)CCC1C2CC[C@@]2(C)C1CC[C@@H]2OCCOS(N)(=O)=O. The van der Waals surface area contributed by atoms with E-state index in [0.717, 1.165) is 51.4 Å². The molecule has 6 aliphatic carbocycles. The molecular formula is C42H62N2O12S2. The van der Waals surface area contributed by atoms with Crippen molar-refractivity contribution in [2.45, 2.75) is 115 Å². The zero-order chi connectivity index (χ0) is 41.2. The Morgan fingerprint density at radius 3 is 1.83 bits per heavy atom. The summed E-state index contributed by atoms with van der Waals surface area (Å²) in [5, 5.41) is 24.1. The molecule has 2 aromatic rings. The van der Waals surface area contributed by atoms with Crippen molar-refractivity contribution < 1.29 is 55.3 Å². The Morgan fingerprint density at radius 2 is 1.29 bits per heavy atom. The van der Waals surface area contributed by atoms with Crippen molar-refractivity contribution >= 4 is 22.6 Å². The zero-order valence-electron chi connectivity index (χ0n) is 34.2. The Balaban J connectivity index is 0.000000183. The molecule has 58 heavy (non-hydrogen) atoms. The number of phenols is 1. The standard InChI is InChI=1S/C21H32N2O8S2.C21H30O4/c1-21-8-7-14-15(17(21)5-6-20(21)27-9-10-28-33(23,24)25)4-3-13-11-19(29-32-31-30-22)18(26-2)12-16(13)14;1-21-8-7-14-15(17(21)5-6-20(21)25-10-9-22)4-3-13-11-18(23)19(24-2)12-16(13)14/h11-12,14-15,17,20H,3-10,22H2,1-2H3,(H2,23,24,25);11-12,14-15,17,20,22-23H,3-10H2,1-2H3/t2*14?,15?,17?,20-,21-/m00/s1. The molecule has 0 heterocycles. The molecule has 4 saturated carbocycles. The molecule has 324 valence electrons. The van der Waals surface area contributed by atoms with Gasteiger partial charge >= 0.3 is 10.3 Å². The minimum atomic E-state index is -3.94. The second kappa shape index (κ2) is 18.3. The van der Waals surface area contributed by atoms with Gasteiger partial charge in [0.05, 0.1) is 52.9 Å². The molecule has 14 nitrogen and oxygen atoms in total. The van der Waals surface area contributed by atoms with Gasteiger partial charge in [0.25, 0.3) is 12.3 Å². The molecule has 0 saturated heterocycles. The topological polar surface area (TPSA) is 200 Å². The Hall–Kier alpha value is -2.38. The van der Waals surface area contributed by atoms with E-state index in [4.69, 9.17) is 39.3 Å². The number of hydrogen-bond acceptors (Lipinski definition) is 14. The highest BCUT2D eigenvalue weighted by Gasteiger charge is 2.56. The average molecular weight is 851 g/mol. The maximum absolute atomic E-state index is 11.0. The Kier molecular flexibility index (Phi) is 13.8. The van der Waals surface area contributed by atoms with E-state index < -0.39 is 10.3 Å². The minimum absolute atomic E-state index is 0.0551. The highest BCUT2D eigenvalue weighted by molar-refractivity contribution is 7.90. The quantitative estimate of drug-likeness (QED) is 0.0690. The number of rotatable bonds is 14. The lowest BCUT2D eigenvalue weighted by Gasteiger charge is -2.50. The van der Waals surface area contributed by atoms with Crippen molar-refractivity contribution in [3.8, 4) is 23.0 Å². The summed E-state index contributed by atoms with van der Waals surface area (Å²) in [6.45, 7) is 5.48. The fourth-order valence-electron chi connectivity index (χ4n) is 12.6. The second-order valence-corrected chi connectivity index (χ2v) is 19.2. The largest absolute Gasteiger partial charge is 0.504 e. The average Bonchev–Trinajstić information content (AvgIpc) is 3.73. The van der Waals surface area contributed by atoms with Crippen molar-refractivity contribution in [1.82, 2.24) is 0 Å². The van der Waals surface area contributed by atoms with Crippen LogP contribution >= 0.6 is 12.3 Å². The van der Waals surface area contributed by atoms with Crippen LogP contribution in [0.5, 0.6) is 23.0 Å². The third kappa shape index (κ3) is 8.70. The molecule has 4 fully saturated rings. The third-order valence-corrected chi connectivity index (χ3v) is 16.0. The van der Waals surface area contributed by atoms with Gasteiger partial charge in [0.15, 0.2) is 23.0 Å². The van der Waals surface area contributed by atoms with Crippen LogP contribution in [0.1, 0.15) is 112 Å². The molecule has 0 aliphatic heterocycles. The van der Waals surface area contributed by atoms with Crippen molar-refractivity contribution in [1.29, 1.82) is 0 Å². The van der Waals surface area contributed by atoms with Crippen molar-refractivity contribution in [3.63, 3.8) is 0 Å². The fourth-order valence-corrected chi connectivity index (χ4v) is 13.2. The zero-order valence-corrected chi connectivity index (χ0v) is 35.8. The summed E-state index contributed by atoms with van der Waals surface area (Å²) in [6.07, 6.45) is 13.6. The van der Waals surface area contributed by atoms with Gasteiger partial charge in [-0.25, -0.2) is 5.14 Å². The van der Waals surface area contributed by atoms with Crippen molar-refractivity contribution in [3.05, 3.63) is 46.5 Å². The van der Waals surface area contributed by atoms with Gasteiger partial charge in [-0.3, -0.25) is 4.18 Å². The number of fused-ring (bicyclic) bond motifs is 10. The number of nitrogens with two attached hydrogens (primary N) is 2. The molecule has 6 N–H and O–H groups in total. The molecule has 8 rings (SSSR count). The Labute approximate surface area is 347 Å². The molecule has 6 unspecified atom stereocenters. The van der Waals surface area contributed by atoms with Crippen LogP contribution in [0, 0.1) is 34.5 Å². The van der Waals surface area contributed by atoms with Crippen molar-refractivity contribution in [2.75, 3.05) is 40.6 Å². The molecule has 2 aromatic carbocycles. The first kappa shape index (κ1) is 43.7. The van der Waals surface area contributed by atoms with Gasteiger partial charge in [-0.1, -0.05) is 13.8 Å². The van der Waals surface area contributed by atoms with E-state index in [1.165, 1.54) is 47.9 Å². The van der Waals surface area contributed by atoms with Crippen LogP contribution in [0.4, 0.5) is 0 Å². The van der Waals surface area contributed by atoms with Gasteiger partial charge in [-0.15, -0.1) is 9.32 Å². The fraction of sp³-hybridized carbons (Fsp3) is 0.714. The number of benzene rings is 2. The van der Waals surface area contributed by atoms with Crippen LogP contribution in [0.25, 0.3) is 0 Å². The lowest BCUT2D eigenvalue weighted by molar-refractivity contribution is -0.199. The Morgan fingerprint density at radius 1 is 0.741 bits per heavy atom. The van der Waals surface area contributed by atoms with E-state index >= 15 is 0 Å². The molecule has 0 radical (unpaired) electrons. The molecule has 0 aromatic heterocycles. The third-order valence-electron chi connectivity index (χ3n) is 15.1. The van der Waals surface area contributed by atoms with E-state index in [2.05, 4.69) is 39.5 Å². The van der Waals surface area contributed by atoms with Crippen molar-refractivity contribution in [2.24, 2.45) is 45.5 Å². The van der Waals surface area contributed by atoms with Crippen LogP contribution in [0.3, 0.4) is 0 Å². The number of phenolic OH excluding ortho intramolecular Hbond substituents is 1. The van der Waals surface area contributed by atoms with Crippen LogP contribution in [-0.2, 0) is 46.1 Å². The lowest BCUT2D eigenvalue weighted by Crippen LogP contribution is -2.45. The lowest BCUT2D eigenvalue weighted by atomic mass is 9.55. The van der Waals surface area contributed by atoms with E-state index in [0.29, 0.717) is 77.8 Å². The maximum atomic E-state index is 11.0. The minimum Gasteiger partial charge on any atom is -0.504 e. The first-order chi connectivity index (χ1) is 27.8. The monoisotopic (exact) mass is 850 g/mol.